The molecule has 1 rings (SSSR count). The number of ether oxygens (including phenoxy) is 1. The zero-order chi connectivity index (χ0) is 8.97. The summed E-state index contributed by atoms with van der Waals surface area (Å²) in [6.07, 6.45) is 1.42. The predicted octanol–water partition coefficient (Wildman–Crippen LogP) is 0.575. The van der Waals surface area contributed by atoms with E-state index in [4.69, 9.17) is 9.84 Å². The van der Waals surface area contributed by atoms with Crippen molar-refractivity contribution in [2.75, 3.05) is 12.4 Å². The van der Waals surface area contributed by atoms with Crippen molar-refractivity contribution in [3.05, 3.63) is 12.4 Å². The van der Waals surface area contributed by atoms with Crippen molar-refractivity contribution in [3.63, 3.8) is 0 Å². The van der Waals surface area contributed by atoms with E-state index in [9.17, 15) is 4.79 Å². The van der Waals surface area contributed by atoms with Crippen LogP contribution in [0.25, 0.3) is 0 Å². The third kappa shape index (κ3) is 2.08. The molecule has 0 spiro atoms. The Bertz CT molecular complexity index is 272. The number of nitrogens with zero attached hydrogens (tertiary/aromatic N) is 2. The Kier molecular flexibility index (Phi) is 2.42. The van der Waals surface area contributed by atoms with E-state index in [1.54, 1.807) is 0 Å². The molecule has 1 aromatic heterocycles. The molecule has 64 valence electrons. The molecule has 0 fully saturated rings. The lowest BCUT2D eigenvalue weighted by molar-refractivity contribution is 0.209. The van der Waals surface area contributed by atoms with Gasteiger partial charge in [-0.05, 0) is 0 Å². The highest BCUT2D eigenvalue weighted by atomic mass is 16.5. The van der Waals surface area contributed by atoms with E-state index in [1.807, 2.05) is 5.32 Å². The van der Waals surface area contributed by atoms with E-state index < -0.39 is 6.09 Å². The molecule has 0 radical (unpaired) electrons. The minimum absolute atomic E-state index is 0.170. The molecule has 0 saturated carbocycles. The number of carbonyl (C=O) groups is 1. The number of nitrogens with one attached hydrogen (secondary N) is 1. The van der Waals surface area contributed by atoms with Gasteiger partial charge in [0.2, 0.25) is 5.88 Å². The first-order valence-corrected chi connectivity index (χ1v) is 3.08. The molecular formula is C6H7N3O3. The molecule has 2 N–H and O–H groups in total. The van der Waals surface area contributed by atoms with Crippen molar-refractivity contribution in [2.45, 2.75) is 0 Å². The van der Waals surface area contributed by atoms with Crippen LogP contribution < -0.4 is 10.1 Å². The molecule has 0 aliphatic heterocycles. The molecule has 1 heterocycles. The molecule has 0 aliphatic carbocycles. The molecular weight excluding hydrogens is 162 g/mol. The normalized spacial score (nSPS) is 9.08. The highest BCUT2D eigenvalue weighted by Gasteiger charge is 1.99. The number of carboxylic acid groups (broad SMARTS) is 1. The highest BCUT2D eigenvalue weighted by Crippen LogP contribution is 2.05. The van der Waals surface area contributed by atoms with E-state index in [0.29, 0.717) is 5.88 Å². The van der Waals surface area contributed by atoms with Gasteiger partial charge in [0.1, 0.15) is 0 Å². The molecule has 0 bridgehead atoms. The summed E-state index contributed by atoms with van der Waals surface area (Å²) in [5, 5.41) is 10.3. The monoisotopic (exact) mass is 169 g/mol. The summed E-state index contributed by atoms with van der Waals surface area (Å²) < 4.78 is 4.73. The van der Waals surface area contributed by atoms with Crippen molar-refractivity contribution in [1.82, 2.24) is 9.97 Å². The van der Waals surface area contributed by atoms with Crippen LogP contribution >= 0.6 is 0 Å². The maximum atomic E-state index is 10.1. The van der Waals surface area contributed by atoms with E-state index in [-0.39, 0.29) is 5.82 Å². The van der Waals surface area contributed by atoms with Gasteiger partial charge in [-0.2, -0.15) is 0 Å². The van der Waals surface area contributed by atoms with Crippen LogP contribution in [0, 0.1) is 0 Å². The lowest BCUT2D eigenvalue weighted by Crippen LogP contribution is -2.08. The van der Waals surface area contributed by atoms with Crippen LogP contribution in [0.15, 0.2) is 12.4 Å². The fraction of sp³-hybridized carbons (Fsp3) is 0.167. The largest absolute Gasteiger partial charge is 0.480 e. The van der Waals surface area contributed by atoms with Crippen molar-refractivity contribution >= 4 is 11.9 Å². The number of aromatic nitrogens is 2. The van der Waals surface area contributed by atoms with Crippen molar-refractivity contribution in [1.29, 1.82) is 0 Å². The van der Waals surface area contributed by atoms with E-state index in [2.05, 4.69) is 9.97 Å². The average Bonchev–Trinajstić information content (AvgIpc) is 2.05. The summed E-state index contributed by atoms with van der Waals surface area (Å²) in [5.41, 5.74) is 0. The van der Waals surface area contributed by atoms with Crippen molar-refractivity contribution < 1.29 is 14.6 Å². The minimum atomic E-state index is -1.17. The number of anilines is 1. The molecule has 12 heavy (non-hydrogen) atoms. The predicted molar refractivity (Wildman–Crippen MR) is 40.2 cm³/mol. The quantitative estimate of drug-likeness (QED) is 0.676. The number of hydrogen-bond acceptors (Lipinski definition) is 4. The summed E-state index contributed by atoms with van der Waals surface area (Å²) in [6, 6.07) is 0. The maximum Gasteiger partial charge on any atom is 0.410 e. The van der Waals surface area contributed by atoms with Gasteiger partial charge in [0.25, 0.3) is 0 Å². The Morgan fingerprint density at radius 1 is 1.58 bits per heavy atom. The zero-order valence-corrected chi connectivity index (χ0v) is 6.31. The van der Waals surface area contributed by atoms with Crippen LogP contribution in [0.5, 0.6) is 5.88 Å². The summed E-state index contributed by atoms with van der Waals surface area (Å²) >= 11 is 0. The summed E-state index contributed by atoms with van der Waals surface area (Å²) in [6.45, 7) is 0. The minimum Gasteiger partial charge on any atom is -0.480 e. The van der Waals surface area contributed by atoms with Crippen LogP contribution in [0.2, 0.25) is 0 Å². The second-order valence-corrected chi connectivity index (χ2v) is 1.87. The lowest BCUT2D eigenvalue weighted by atomic mass is 10.6. The second-order valence-electron chi connectivity index (χ2n) is 1.87. The molecule has 6 nitrogen and oxygen atoms in total. The Morgan fingerprint density at radius 3 is 2.75 bits per heavy atom. The first kappa shape index (κ1) is 8.25. The number of methoxy groups -OCH3 is 1. The first-order valence-electron chi connectivity index (χ1n) is 3.08. The molecule has 1 amide bonds. The SMILES string of the molecule is COc1cnc(NC(=O)O)cn1. The van der Waals surface area contributed by atoms with Crippen LogP contribution in [-0.2, 0) is 0 Å². The summed E-state index contributed by atoms with van der Waals surface area (Å²) in [5.74, 6) is 0.509. The molecule has 6 heteroatoms. The Balaban J connectivity index is 2.71. The summed E-state index contributed by atoms with van der Waals surface area (Å²) in [7, 11) is 1.45. The number of hydrogen-bond donors (Lipinski definition) is 2. The second kappa shape index (κ2) is 3.51. The van der Waals surface area contributed by atoms with Gasteiger partial charge in [-0.25, -0.2) is 14.8 Å². The first-order chi connectivity index (χ1) is 5.72. The fourth-order valence-corrected chi connectivity index (χ4v) is 0.596. The van der Waals surface area contributed by atoms with Gasteiger partial charge in [-0.1, -0.05) is 0 Å². The highest BCUT2D eigenvalue weighted by molar-refractivity contribution is 5.81. The standard InChI is InChI=1S/C6H7N3O3/c1-12-5-3-7-4(2-8-5)9-6(10)11/h2-3H,1H3,(H,7,9)(H,10,11). The van der Waals surface area contributed by atoms with Crippen LogP contribution in [-0.4, -0.2) is 28.3 Å². The van der Waals surface area contributed by atoms with Crippen LogP contribution in [0.4, 0.5) is 10.6 Å². The smallest absolute Gasteiger partial charge is 0.410 e. The van der Waals surface area contributed by atoms with Gasteiger partial charge < -0.3 is 9.84 Å². The molecule has 1 aromatic rings. The zero-order valence-electron chi connectivity index (χ0n) is 6.31. The van der Waals surface area contributed by atoms with Crippen LogP contribution in [0.3, 0.4) is 0 Å². The molecule has 0 aliphatic rings. The number of amides is 1. The van der Waals surface area contributed by atoms with Gasteiger partial charge in [-0.3, -0.25) is 5.32 Å². The summed E-state index contributed by atoms with van der Waals surface area (Å²) in [4.78, 5) is 17.6. The van der Waals surface area contributed by atoms with Gasteiger partial charge in [0.05, 0.1) is 19.5 Å². The van der Waals surface area contributed by atoms with E-state index in [0.717, 1.165) is 0 Å². The van der Waals surface area contributed by atoms with E-state index in [1.165, 1.54) is 19.5 Å². The lowest BCUT2D eigenvalue weighted by Gasteiger charge is -1.99. The molecule has 0 atom stereocenters. The van der Waals surface area contributed by atoms with Gasteiger partial charge in [-0.15, -0.1) is 0 Å². The molecule has 0 saturated heterocycles. The number of rotatable bonds is 2. The molecule has 0 aromatic carbocycles. The third-order valence-corrected chi connectivity index (χ3v) is 1.07. The van der Waals surface area contributed by atoms with Gasteiger partial charge in [0, 0.05) is 0 Å². The Morgan fingerprint density at radius 2 is 2.33 bits per heavy atom. The van der Waals surface area contributed by atoms with Gasteiger partial charge >= 0.3 is 6.09 Å². The van der Waals surface area contributed by atoms with Gasteiger partial charge in [0.15, 0.2) is 5.82 Å². The Labute approximate surface area is 68.2 Å². The molecule has 0 unspecified atom stereocenters. The van der Waals surface area contributed by atoms with Crippen LogP contribution in [0.1, 0.15) is 0 Å². The third-order valence-electron chi connectivity index (χ3n) is 1.07. The van der Waals surface area contributed by atoms with Crippen molar-refractivity contribution in [2.24, 2.45) is 0 Å². The average molecular weight is 169 g/mol. The van der Waals surface area contributed by atoms with Crippen molar-refractivity contribution in [3.8, 4) is 5.88 Å². The van der Waals surface area contributed by atoms with E-state index >= 15 is 0 Å². The maximum absolute atomic E-state index is 10.1. The Hall–Kier alpha value is -1.85. The topological polar surface area (TPSA) is 84.3 Å². The fourth-order valence-electron chi connectivity index (χ4n) is 0.596.